The Bertz CT molecular complexity index is 1140. The summed E-state index contributed by atoms with van der Waals surface area (Å²) in [6.45, 7) is 7.14. The van der Waals surface area contributed by atoms with Crippen molar-refractivity contribution in [2.24, 2.45) is 5.41 Å². The zero-order valence-electron chi connectivity index (χ0n) is 20.4. The van der Waals surface area contributed by atoms with Crippen molar-refractivity contribution in [1.29, 1.82) is 0 Å². The number of rotatable bonds is 5. The summed E-state index contributed by atoms with van der Waals surface area (Å²) in [5, 5.41) is 0. The molecular weight excluding hydrogens is 440 g/mol. The van der Waals surface area contributed by atoms with Crippen molar-refractivity contribution < 1.29 is 9.53 Å². The number of carbonyl (C=O) groups is 1. The molecule has 0 N–H and O–H groups in total. The summed E-state index contributed by atoms with van der Waals surface area (Å²) in [4.78, 5) is 35.8. The Labute approximate surface area is 206 Å². The van der Waals surface area contributed by atoms with Crippen molar-refractivity contribution in [2.75, 3.05) is 31.1 Å². The van der Waals surface area contributed by atoms with E-state index >= 15 is 0 Å². The molecule has 2 aliphatic rings. The van der Waals surface area contributed by atoms with Crippen LogP contribution in [-0.2, 0) is 4.79 Å². The number of aryl methyl sites for hydroxylation is 1. The van der Waals surface area contributed by atoms with Crippen molar-refractivity contribution in [3.63, 3.8) is 0 Å². The molecule has 0 unspecified atom stereocenters. The van der Waals surface area contributed by atoms with Gasteiger partial charge in [0.2, 0.25) is 17.7 Å². The van der Waals surface area contributed by atoms with E-state index in [-0.39, 0.29) is 17.2 Å². The molecule has 0 bridgehead atoms. The predicted octanol–water partition coefficient (Wildman–Crippen LogP) is 4.38. The largest absolute Gasteiger partial charge is 0.439 e. The highest BCUT2D eigenvalue weighted by Gasteiger charge is 2.41. The van der Waals surface area contributed by atoms with Crippen LogP contribution in [0.3, 0.4) is 0 Å². The molecule has 3 aromatic rings. The lowest BCUT2D eigenvalue weighted by molar-refractivity contribution is -0.143. The number of likely N-dealkylation sites (tertiary alicyclic amines) is 1. The van der Waals surface area contributed by atoms with E-state index in [4.69, 9.17) is 14.7 Å². The van der Waals surface area contributed by atoms with Gasteiger partial charge in [-0.1, -0.05) is 25.1 Å². The van der Waals surface area contributed by atoms with Gasteiger partial charge < -0.3 is 14.5 Å². The molecular formula is C27H32N6O2. The number of anilines is 1. The number of nitrogens with zero attached hydrogens (tertiary/aromatic N) is 6. The van der Waals surface area contributed by atoms with Crippen LogP contribution < -0.4 is 9.64 Å². The van der Waals surface area contributed by atoms with Crippen LogP contribution in [0.2, 0.25) is 0 Å². The van der Waals surface area contributed by atoms with Gasteiger partial charge in [-0.15, -0.1) is 0 Å². The molecule has 8 heteroatoms. The van der Waals surface area contributed by atoms with E-state index in [1.165, 1.54) is 0 Å². The SMILES string of the molecule is Cc1cc(Oc2ccccc2)nc(C2CCN(C(=O)C3(C)CCN(c4ncccn4)CC3)CC2)n1. The number of piperidine rings is 2. The van der Waals surface area contributed by atoms with E-state index in [2.05, 4.69) is 21.8 Å². The molecule has 2 saturated heterocycles. The zero-order valence-corrected chi connectivity index (χ0v) is 20.4. The van der Waals surface area contributed by atoms with E-state index in [1.54, 1.807) is 12.4 Å². The first-order chi connectivity index (χ1) is 17.0. The molecule has 2 aromatic heterocycles. The molecule has 4 heterocycles. The van der Waals surface area contributed by atoms with Gasteiger partial charge in [0.15, 0.2) is 0 Å². The summed E-state index contributed by atoms with van der Waals surface area (Å²) in [5.41, 5.74) is 0.551. The van der Waals surface area contributed by atoms with Crippen LogP contribution in [0.15, 0.2) is 54.9 Å². The van der Waals surface area contributed by atoms with Gasteiger partial charge in [-0.3, -0.25) is 4.79 Å². The molecule has 0 aliphatic carbocycles. The molecule has 0 radical (unpaired) electrons. The Morgan fingerprint density at radius 2 is 1.66 bits per heavy atom. The second-order valence-electron chi connectivity index (χ2n) is 9.78. The number of hydrogen-bond donors (Lipinski definition) is 0. The molecule has 35 heavy (non-hydrogen) atoms. The highest BCUT2D eigenvalue weighted by Crippen LogP contribution is 2.36. The normalized spacial score (nSPS) is 18.3. The molecule has 0 saturated carbocycles. The minimum atomic E-state index is -0.339. The Morgan fingerprint density at radius 3 is 2.34 bits per heavy atom. The minimum absolute atomic E-state index is 0.224. The van der Waals surface area contributed by atoms with Crippen LogP contribution in [0, 0.1) is 12.3 Å². The predicted molar refractivity (Wildman–Crippen MR) is 133 cm³/mol. The molecule has 1 amide bonds. The third-order valence-electron chi connectivity index (χ3n) is 7.18. The molecule has 0 atom stereocenters. The number of aromatic nitrogens is 4. The lowest BCUT2D eigenvalue weighted by atomic mass is 9.78. The van der Waals surface area contributed by atoms with Gasteiger partial charge in [0.05, 0.1) is 0 Å². The fourth-order valence-electron chi connectivity index (χ4n) is 5.00. The van der Waals surface area contributed by atoms with Crippen LogP contribution in [0.5, 0.6) is 11.6 Å². The quantitative estimate of drug-likeness (QED) is 0.545. The number of benzene rings is 1. The summed E-state index contributed by atoms with van der Waals surface area (Å²) < 4.78 is 5.95. The lowest BCUT2D eigenvalue weighted by Crippen LogP contribution is -2.51. The van der Waals surface area contributed by atoms with Gasteiger partial charge in [0.25, 0.3) is 0 Å². The molecule has 8 nitrogen and oxygen atoms in total. The van der Waals surface area contributed by atoms with Gasteiger partial charge in [0, 0.05) is 61.7 Å². The monoisotopic (exact) mass is 472 g/mol. The van der Waals surface area contributed by atoms with E-state index in [1.807, 2.05) is 54.3 Å². The first kappa shape index (κ1) is 23.2. The van der Waals surface area contributed by atoms with Crippen molar-refractivity contribution in [3.8, 4) is 11.6 Å². The number of para-hydroxylation sites is 1. The average molecular weight is 473 g/mol. The highest BCUT2D eigenvalue weighted by atomic mass is 16.5. The molecule has 5 rings (SSSR count). The van der Waals surface area contributed by atoms with Crippen LogP contribution in [0.1, 0.15) is 50.0 Å². The third-order valence-corrected chi connectivity index (χ3v) is 7.18. The van der Waals surface area contributed by atoms with Crippen LogP contribution in [0.4, 0.5) is 5.95 Å². The maximum atomic E-state index is 13.5. The summed E-state index contributed by atoms with van der Waals surface area (Å²) in [6.07, 6.45) is 6.87. The van der Waals surface area contributed by atoms with Gasteiger partial charge in [-0.05, 0) is 50.8 Å². The zero-order chi connectivity index (χ0) is 24.3. The lowest BCUT2D eigenvalue weighted by Gasteiger charge is -2.42. The van der Waals surface area contributed by atoms with Crippen molar-refractivity contribution in [2.45, 2.75) is 45.4 Å². The standard InChI is InChI=1S/C27H32N6O2/c1-20-19-23(35-22-7-4-3-5-8-22)31-24(30-20)21-9-15-32(16-10-21)25(34)27(2)11-17-33(18-12-27)26-28-13-6-14-29-26/h3-8,13-14,19,21H,9-12,15-18H2,1-2H3. The second kappa shape index (κ2) is 9.98. The van der Waals surface area contributed by atoms with Gasteiger partial charge in [-0.25, -0.2) is 15.0 Å². The van der Waals surface area contributed by atoms with Gasteiger partial charge in [-0.2, -0.15) is 4.98 Å². The Kier molecular flexibility index (Phi) is 6.61. The van der Waals surface area contributed by atoms with E-state index in [9.17, 15) is 4.79 Å². The van der Waals surface area contributed by atoms with Crippen LogP contribution in [0.25, 0.3) is 0 Å². The number of hydrogen-bond acceptors (Lipinski definition) is 7. The summed E-state index contributed by atoms with van der Waals surface area (Å²) in [7, 11) is 0. The number of ether oxygens (including phenoxy) is 1. The first-order valence-corrected chi connectivity index (χ1v) is 12.4. The molecule has 182 valence electrons. The summed E-state index contributed by atoms with van der Waals surface area (Å²) >= 11 is 0. The highest BCUT2D eigenvalue weighted by molar-refractivity contribution is 5.82. The van der Waals surface area contributed by atoms with E-state index in [0.717, 1.165) is 75.1 Å². The minimum Gasteiger partial charge on any atom is -0.439 e. The van der Waals surface area contributed by atoms with Crippen LogP contribution in [-0.4, -0.2) is 56.9 Å². The number of amides is 1. The molecule has 1 aromatic carbocycles. The fourth-order valence-corrected chi connectivity index (χ4v) is 5.00. The molecule has 2 fully saturated rings. The topological polar surface area (TPSA) is 84.3 Å². The van der Waals surface area contributed by atoms with Gasteiger partial charge >= 0.3 is 0 Å². The van der Waals surface area contributed by atoms with Crippen molar-refractivity contribution in [3.05, 3.63) is 66.4 Å². The average Bonchev–Trinajstić information content (AvgIpc) is 2.89. The van der Waals surface area contributed by atoms with E-state index in [0.29, 0.717) is 5.88 Å². The van der Waals surface area contributed by atoms with Crippen molar-refractivity contribution in [1.82, 2.24) is 24.8 Å². The Balaban J connectivity index is 1.18. The van der Waals surface area contributed by atoms with E-state index < -0.39 is 0 Å². The Hall–Kier alpha value is -3.55. The first-order valence-electron chi connectivity index (χ1n) is 12.4. The smallest absolute Gasteiger partial charge is 0.228 e. The second-order valence-corrected chi connectivity index (χ2v) is 9.78. The third kappa shape index (κ3) is 5.26. The van der Waals surface area contributed by atoms with Crippen LogP contribution >= 0.6 is 0 Å². The molecule has 0 spiro atoms. The summed E-state index contributed by atoms with van der Waals surface area (Å²) in [6, 6.07) is 13.4. The molecule has 2 aliphatic heterocycles. The Morgan fingerprint density at radius 1 is 0.971 bits per heavy atom. The van der Waals surface area contributed by atoms with Gasteiger partial charge in [0.1, 0.15) is 11.6 Å². The summed E-state index contributed by atoms with van der Waals surface area (Å²) in [5.74, 6) is 3.38. The number of carbonyl (C=O) groups excluding carboxylic acids is 1. The maximum Gasteiger partial charge on any atom is 0.228 e. The fraction of sp³-hybridized carbons (Fsp3) is 0.444. The van der Waals surface area contributed by atoms with Crippen molar-refractivity contribution >= 4 is 11.9 Å². The maximum absolute atomic E-state index is 13.5.